The first kappa shape index (κ1) is 11.7. The molecule has 0 unspecified atom stereocenters. The van der Waals surface area contributed by atoms with Crippen LogP contribution in [0.15, 0.2) is 24.4 Å². The van der Waals surface area contributed by atoms with Crippen LogP contribution in [0.3, 0.4) is 0 Å². The van der Waals surface area contributed by atoms with E-state index >= 15 is 0 Å². The van der Waals surface area contributed by atoms with Crippen molar-refractivity contribution in [3.05, 3.63) is 30.1 Å². The fourth-order valence-corrected chi connectivity index (χ4v) is 0.571. The van der Waals surface area contributed by atoms with Crippen LogP contribution in [0.2, 0.25) is 0 Å². The van der Waals surface area contributed by atoms with Crippen LogP contribution >= 0.6 is 0 Å². The van der Waals surface area contributed by atoms with Gasteiger partial charge in [-0.2, -0.15) is 0 Å². The minimum atomic E-state index is -0.125. The zero-order valence-electron chi connectivity index (χ0n) is 7.47. The van der Waals surface area contributed by atoms with E-state index in [9.17, 15) is 4.79 Å². The first-order chi connectivity index (χ1) is 6.22. The molecule has 0 saturated carbocycles. The summed E-state index contributed by atoms with van der Waals surface area (Å²) >= 11 is 0. The second-order valence-electron chi connectivity index (χ2n) is 2.22. The number of pyridine rings is 1. The summed E-state index contributed by atoms with van der Waals surface area (Å²) in [7, 11) is 0. The molecule has 4 nitrogen and oxygen atoms in total. The van der Waals surface area contributed by atoms with Gasteiger partial charge in [-0.05, 0) is 12.1 Å². The lowest BCUT2D eigenvalue weighted by Crippen LogP contribution is -1.93. The molecule has 0 aliphatic rings. The maximum atomic E-state index is 10.6. The van der Waals surface area contributed by atoms with Crippen LogP contribution < -0.4 is 0 Å². The number of nitrogens with zero attached hydrogens (tertiary/aromatic N) is 1. The Bertz CT molecular complexity index is 234. The highest BCUT2D eigenvalue weighted by Gasteiger charge is 1.94. The molecule has 0 aliphatic carbocycles. The lowest BCUT2D eigenvalue weighted by Gasteiger charge is -1.88. The van der Waals surface area contributed by atoms with Gasteiger partial charge in [-0.1, -0.05) is 6.07 Å². The van der Waals surface area contributed by atoms with E-state index < -0.39 is 0 Å². The summed E-state index contributed by atoms with van der Waals surface area (Å²) in [4.78, 5) is 14.4. The van der Waals surface area contributed by atoms with Gasteiger partial charge in [0.05, 0.1) is 13.2 Å². The molecule has 72 valence electrons. The van der Waals surface area contributed by atoms with Gasteiger partial charge < -0.3 is 10.2 Å². The third-order valence-electron chi connectivity index (χ3n) is 1.13. The van der Waals surface area contributed by atoms with Crippen LogP contribution in [-0.2, 0) is 0 Å². The fraction of sp³-hybridized carbons (Fsp3) is 0.333. The van der Waals surface area contributed by atoms with E-state index in [1.165, 1.54) is 6.92 Å². The standard InChI is InChI=1S/C7H7NO.C2H6O2/c1-6(9)7-4-2-3-5-8-7;3-1-2-4/h2-5H,1H3;3-4H,1-2H2. The maximum Gasteiger partial charge on any atom is 0.178 e. The van der Waals surface area contributed by atoms with Crippen molar-refractivity contribution < 1.29 is 15.0 Å². The van der Waals surface area contributed by atoms with Crippen LogP contribution in [-0.4, -0.2) is 34.2 Å². The van der Waals surface area contributed by atoms with Crippen LogP contribution in [0, 0.1) is 0 Å². The van der Waals surface area contributed by atoms with Gasteiger partial charge in [-0.25, -0.2) is 0 Å². The summed E-state index contributed by atoms with van der Waals surface area (Å²) in [5.74, 6) is 0.00981. The first-order valence-corrected chi connectivity index (χ1v) is 3.86. The average Bonchev–Trinajstić information content (AvgIpc) is 2.19. The molecule has 0 fully saturated rings. The summed E-state index contributed by atoms with van der Waals surface area (Å²) in [5, 5.41) is 15.2. The van der Waals surface area contributed by atoms with Gasteiger partial charge in [-0.15, -0.1) is 0 Å². The highest BCUT2D eigenvalue weighted by Crippen LogP contribution is 1.92. The number of ketones is 1. The van der Waals surface area contributed by atoms with Crippen LogP contribution in [0.1, 0.15) is 17.4 Å². The predicted molar refractivity (Wildman–Crippen MR) is 48.4 cm³/mol. The van der Waals surface area contributed by atoms with E-state index in [4.69, 9.17) is 10.2 Å². The van der Waals surface area contributed by atoms with E-state index in [2.05, 4.69) is 4.98 Å². The molecule has 0 radical (unpaired) electrons. The molecule has 0 atom stereocenters. The number of rotatable bonds is 2. The van der Waals surface area contributed by atoms with E-state index in [0.717, 1.165) is 0 Å². The zero-order valence-corrected chi connectivity index (χ0v) is 7.47. The molecular weight excluding hydrogens is 170 g/mol. The molecule has 1 rings (SSSR count). The SMILES string of the molecule is CC(=O)c1ccccn1.OCCO. The average molecular weight is 183 g/mol. The summed E-state index contributed by atoms with van der Waals surface area (Å²) in [6, 6.07) is 5.28. The molecule has 1 heterocycles. The van der Waals surface area contributed by atoms with Gasteiger partial charge in [0, 0.05) is 13.1 Å². The summed E-state index contributed by atoms with van der Waals surface area (Å²) in [6.45, 7) is 1.25. The van der Waals surface area contributed by atoms with Crippen LogP contribution in [0.25, 0.3) is 0 Å². The molecule has 0 bridgehead atoms. The Hall–Kier alpha value is -1.26. The van der Waals surface area contributed by atoms with Gasteiger partial charge in [-0.3, -0.25) is 9.78 Å². The number of hydrogen-bond donors (Lipinski definition) is 2. The molecule has 13 heavy (non-hydrogen) atoms. The minimum absolute atomic E-state index is 0.00981. The van der Waals surface area contributed by atoms with Gasteiger partial charge in [0.15, 0.2) is 5.78 Å². The maximum absolute atomic E-state index is 10.6. The van der Waals surface area contributed by atoms with Gasteiger partial charge in [0.2, 0.25) is 0 Å². The van der Waals surface area contributed by atoms with E-state index in [1.54, 1.807) is 24.4 Å². The Labute approximate surface area is 76.9 Å². The fourth-order valence-electron chi connectivity index (χ4n) is 0.571. The topological polar surface area (TPSA) is 70.4 Å². The smallest absolute Gasteiger partial charge is 0.178 e. The van der Waals surface area contributed by atoms with Gasteiger partial charge >= 0.3 is 0 Å². The molecule has 2 N–H and O–H groups in total. The first-order valence-electron chi connectivity index (χ1n) is 3.86. The number of hydrogen-bond acceptors (Lipinski definition) is 4. The number of aliphatic hydroxyl groups excluding tert-OH is 2. The molecule has 0 saturated heterocycles. The van der Waals surface area contributed by atoms with Crippen molar-refractivity contribution in [2.75, 3.05) is 13.2 Å². The minimum Gasteiger partial charge on any atom is -0.394 e. The molecule has 0 aromatic carbocycles. The van der Waals surface area contributed by atoms with Crippen molar-refractivity contribution in [3.8, 4) is 0 Å². The normalized spacial score (nSPS) is 8.54. The predicted octanol–water partition coefficient (Wildman–Crippen LogP) is 0.255. The Balaban J connectivity index is 0.000000310. The van der Waals surface area contributed by atoms with E-state index in [-0.39, 0.29) is 19.0 Å². The summed E-state index contributed by atoms with van der Waals surface area (Å²) in [5.41, 5.74) is 0.525. The zero-order chi connectivity index (χ0) is 10.1. The number of carbonyl (C=O) groups excluding carboxylic acids is 1. The number of Topliss-reactive ketones (excluding diaryl/α,β-unsaturated/α-hetero) is 1. The third-order valence-corrected chi connectivity index (χ3v) is 1.13. The van der Waals surface area contributed by atoms with Crippen molar-refractivity contribution in [2.24, 2.45) is 0 Å². The van der Waals surface area contributed by atoms with Crippen molar-refractivity contribution in [1.82, 2.24) is 4.98 Å². The second-order valence-corrected chi connectivity index (χ2v) is 2.22. The summed E-state index contributed by atoms with van der Waals surface area (Å²) < 4.78 is 0. The number of aromatic nitrogens is 1. The monoisotopic (exact) mass is 183 g/mol. The molecular formula is C9H13NO3. The Morgan fingerprint density at radius 2 is 2.00 bits per heavy atom. The van der Waals surface area contributed by atoms with Gasteiger partial charge in [0.1, 0.15) is 5.69 Å². The number of carbonyl (C=O) groups is 1. The second kappa shape index (κ2) is 7.39. The van der Waals surface area contributed by atoms with Crippen LogP contribution in [0.5, 0.6) is 0 Å². The molecule has 1 aromatic rings. The van der Waals surface area contributed by atoms with E-state index in [0.29, 0.717) is 5.69 Å². The Morgan fingerprint density at radius 3 is 2.23 bits per heavy atom. The lowest BCUT2D eigenvalue weighted by atomic mass is 10.3. The van der Waals surface area contributed by atoms with Crippen molar-refractivity contribution in [2.45, 2.75) is 6.92 Å². The molecule has 0 amide bonds. The van der Waals surface area contributed by atoms with Crippen molar-refractivity contribution in [3.63, 3.8) is 0 Å². The molecule has 1 aromatic heterocycles. The van der Waals surface area contributed by atoms with Crippen molar-refractivity contribution >= 4 is 5.78 Å². The highest BCUT2D eigenvalue weighted by molar-refractivity contribution is 5.91. The van der Waals surface area contributed by atoms with Crippen molar-refractivity contribution in [1.29, 1.82) is 0 Å². The van der Waals surface area contributed by atoms with Gasteiger partial charge in [0.25, 0.3) is 0 Å². The lowest BCUT2D eigenvalue weighted by molar-refractivity contribution is 0.101. The van der Waals surface area contributed by atoms with E-state index in [1.807, 2.05) is 0 Å². The molecule has 4 heteroatoms. The third kappa shape index (κ3) is 5.95. The quantitative estimate of drug-likeness (QED) is 0.645. The Kier molecular flexibility index (Phi) is 6.68. The number of aliphatic hydroxyl groups is 2. The molecule has 0 aliphatic heterocycles. The largest absolute Gasteiger partial charge is 0.394 e. The Morgan fingerprint density at radius 1 is 1.38 bits per heavy atom. The van der Waals surface area contributed by atoms with Crippen LogP contribution in [0.4, 0.5) is 0 Å². The highest BCUT2D eigenvalue weighted by atomic mass is 16.3. The summed E-state index contributed by atoms with van der Waals surface area (Å²) in [6.07, 6.45) is 1.61. The molecule has 0 spiro atoms.